The normalized spacial score (nSPS) is 22.9. The molecule has 1 aliphatic rings. The summed E-state index contributed by atoms with van der Waals surface area (Å²) >= 11 is 0. The minimum atomic E-state index is -0.564. The molecule has 1 saturated heterocycles. The van der Waals surface area contributed by atoms with Crippen molar-refractivity contribution < 1.29 is 18.4 Å². The molecule has 0 amide bonds. The molecule has 0 spiro atoms. The fourth-order valence-electron chi connectivity index (χ4n) is 2.85. The number of nitrogens with zero attached hydrogens (tertiary/aromatic N) is 2. The lowest BCUT2D eigenvalue weighted by Gasteiger charge is -2.23. The fraction of sp³-hybridized carbons (Fsp3) is 0.400. The Bertz CT molecular complexity index is 644. The van der Waals surface area contributed by atoms with Gasteiger partial charge in [0.15, 0.2) is 0 Å². The minimum absolute atomic E-state index is 0.270. The van der Waals surface area contributed by atoms with Crippen molar-refractivity contribution >= 4 is 0 Å². The molecule has 1 aromatic heterocycles. The Hall–Kier alpha value is -1.79. The molecule has 1 aromatic carbocycles. The van der Waals surface area contributed by atoms with E-state index in [-0.39, 0.29) is 11.6 Å². The lowest BCUT2D eigenvalue weighted by molar-refractivity contribution is 0.171. The number of aryl methyl sites for hydroxylation is 1. The zero-order valence-electron chi connectivity index (χ0n) is 11.6. The van der Waals surface area contributed by atoms with E-state index < -0.39 is 17.7 Å². The van der Waals surface area contributed by atoms with Gasteiger partial charge >= 0.3 is 0 Å². The van der Waals surface area contributed by atoms with Crippen molar-refractivity contribution in [3.63, 3.8) is 0 Å². The number of hydrogen-bond donors (Lipinski definition) is 1. The van der Waals surface area contributed by atoms with E-state index in [0.717, 1.165) is 12.1 Å². The van der Waals surface area contributed by atoms with Crippen molar-refractivity contribution in [1.82, 2.24) is 10.1 Å². The maximum atomic E-state index is 14.0. The minimum Gasteiger partial charge on any atom is -0.392 e. The summed E-state index contributed by atoms with van der Waals surface area (Å²) in [6.45, 7) is 2.61. The number of aliphatic hydroxyl groups excluding tert-OH is 1. The summed E-state index contributed by atoms with van der Waals surface area (Å²) in [6.07, 6.45) is -0.192. The molecule has 2 atom stereocenters. The Labute approximate surface area is 121 Å². The highest BCUT2D eigenvalue weighted by Crippen LogP contribution is 2.35. The lowest BCUT2D eigenvalue weighted by Crippen LogP contribution is -2.25. The molecule has 1 N–H and O–H groups in total. The number of β-amino-alcohol motifs (C(OH)–C–C–N with tert-alkyl or cyclic N) is 1. The van der Waals surface area contributed by atoms with Crippen molar-refractivity contribution in [1.29, 1.82) is 0 Å². The molecule has 0 unspecified atom stereocenters. The number of aliphatic hydroxyl groups is 1. The fourth-order valence-corrected chi connectivity index (χ4v) is 2.85. The van der Waals surface area contributed by atoms with Crippen molar-refractivity contribution in [2.24, 2.45) is 0 Å². The van der Waals surface area contributed by atoms with Crippen molar-refractivity contribution in [3.05, 3.63) is 52.9 Å². The van der Waals surface area contributed by atoms with Crippen LogP contribution in [0.2, 0.25) is 0 Å². The Morgan fingerprint density at radius 3 is 2.90 bits per heavy atom. The molecule has 6 heteroatoms. The summed E-state index contributed by atoms with van der Waals surface area (Å²) in [5.74, 6) is -0.250. The van der Waals surface area contributed by atoms with Crippen LogP contribution in [0.1, 0.15) is 29.5 Å². The number of aromatic nitrogens is 1. The third-order valence-corrected chi connectivity index (χ3v) is 3.74. The SMILES string of the molecule is Cc1cc(CN2C[C@H](O)C[C@H]2c2cc(F)ccc2F)no1. The van der Waals surface area contributed by atoms with Gasteiger partial charge in [0.1, 0.15) is 17.4 Å². The van der Waals surface area contributed by atoms with E-state index in [1.807, 2.05) is 4.90 Å². The Balaban J connectivity index is 1.86. The number of hydrogen-bond acceptors (Lipinski definition) is 4. The molecule has 112 valence electrons. The highest BCUT2D eigenvalue weighted by molar-refractivity contribution is 5.24. The van der Waals surface area contributed by atoms with E-state index in [4.69, 9.17) is 4.52 Å². The van der Waals surface area contributed by atoms with Gasteiger partial charge in [0.25, 0.3) is 0 Å². The van der Waals surface area contributed by atoms with Gasteiger partial charge in [0.2, 0.25) is 0 Å². The molecule has 0 aliphatic carbocycles. The number of halogens is 2. The van der Waals surface area contributed by atoms with Crippen molar-refractivity contribution in [3.8, 4) is 0 Å². The van der Waals surface area contributed by atoms with Gasteiger partial charge in [-0.1, -0.05) is 5.16 Å². The van der Waals surface area contributed by atoms with Crippen molar-refractivity contribution in [2.75, 3.05) is 6.54 Å². The van der Waals surface area contributed by atoms with Gasteiger partial charge in [-0.15, -0.1) is 0 Å². The van der Waals surface area contributed by atoms with Crippen LogP contribution in [-0.4, -0.2) is 27.8 Å². The molecule has 2 heterocycles. The standard InChI is InChI=1S/C15H16F2N2O2/c1-9-4-11(18-21-9)7-19-8-12(20)6-15(19)13-5-10(16)2-3-14(13)17/h2-5,12,15,20H,6-8H2,1H3/t12-,15+/m1/s1. The quantitative estimate of drug-likeness (QED) is 0.945. The van der Waals surface area contributed by atoms with Crippen LogP contribution in [0, 0.1) is 18.6 Å². The Morgan fingerprint density at radius 1 is 1.38 bits per heavy atom. The first kappa shape index (κ1) is 14.2. The molecule has 0 bridgehead atoms. The first-order chi connectivity index (χ1) is 10.0. The lowest BCUT2D eigenvalue weighted by atomic mass is 10.0. The van der Waals surface area contributed by atoms with Crippen LogP contribution in [-0.2, 0) is 6.54 Å². The number of rotatable bonds is 3. The summed E-state index contributed by atoms with van der Waals surface area (Å²) in [7, 11) is 0. The van der Waals surface area contributed by atoms with E-state index in [2.05, 4.69) is 5.16 Å². The maximum absolute atomic E-state index is 14.0. The van der Waals surface area contributed by atoms with E-state index in [0.29, 0.717) is 31.0 Å². The van der Waals surface area contributed by atoms with Gasteiger partial charge in [-0.3, -0.25) is 4.90 Å². The second kappa shape index (κ2) is 5.54. The van der Waals surface area contributed by atoms with E-state index in [1.54, 1.807) is 13.0 Å². The first-order valence-electron chi connectivity index (χ1n) is 6.82. The summed E-state index contributed by atoms with van der Waals surface area (Å²) in [5.41, 5.74) is 0.982. The van der Waals surface area contributed by atoms with Crippen LogP contribution in [0.3, 0.4) is 0 Å². The van der Waals surface area contributed by atoms with E-state index >= 15 is 0 Å². The predicted octanol–water partition coefficient (Wildman–Crippen LogP) is 2.57. The average molecular weight is 294 g/mol. The highest BCUT2D eigenvalue weighted by Gasteiger charge is 2.34. The summed E-state index contributed by atoms with van der Waals surface area (Å²) in [4.78, 5) is 1.89. The van der Waals surface area contributed by atoms with Gasteiger partial charge in [-0.05, 0) is 31.5 Å². The van der Waals surface area contributed by atoms with Crippen LogP contribution >= 0.6 is 0 Å². The topological polar surface area (TPSA) is 49.5 Å². The summed E-state index contributed by atoms with van der Waals surface area (Å²) in [5, 5.41) is 13.8. The van der Waals surface area contributed by atoms with Crippen LogP contribution in [0.5, 0.6) is 0 Å². The first-order valence-corrected chi connectivity index (χ1v) is 6.82. The maximum Gasteiger partial charge on any atom is 0.133 e. The van der Waals surface area contributed by atoms with Crippen molar-refractivity contribution in [2.45, 2.75) is 32.0 Å². The second-order valence-corrected chi connectivity index (χ2v) is 5.43. The van der Waals surface area contributed by atoms with Crippen LogP contribution in [0.25, 0.3) is 0 Å². The molecule has 4 nitrogen and oxygen atoms in total. The zero-order chi connectivity index (χ0) is 15.0. The zero-order valence-corrected chi connectivity index (χ0v) is 11.6. The Morgan fingerprint density at radius 2 is 2.19 bits per heavy atom. The Kier molecular flexibility index (Phi) is 3.73. The predicted molar refractivity (Wildman–Crippen MR) is 71.4 cm³/mol. The molecule has 21 heavy (non-hydrogen) atoms. The number of likely N-dealkylation sites (tertiary alicyclic amines) is 1. The summed E-state index contributed by atoms with van der Waals surface area (Å²) in [6, 6.07) is 4.83. The molecular formula is C15H16F2N2O2. The monoisotopic (exact) mass is 294 g/mol. The number of benzene rings is 1. The second-order valence-electron chi connectivity index (χ2n) is 5.43. The largest absolute Gasteiger partial charge is 0.392 e. The molecule has 1 aliphatic heterocycles. The molecule has 2 aromatic rings. The third kappa shape index (κ3) is 2.96. The van der Waals surface area contributed by atoms with Gasteiger partial charge in [0, 0.05) is 30.8 Å². The van der Waals surface area contributed by atoms with Crippen LogP contribution in [0.15, 0.2) is 28.8 Å². The van der Waals surface area contributed by atoms with Crippen LogP contribution in [0.4, 0.5) is 8.78 Å². The molecule has 3 rings (SSSR count). The smallest absolute Gasteiger partial charge is 0.133 e. The molecule has 0 saturated carbocycles. The van der Waals surface area contributed by atoms with Crippen LogP contribution < -0.4 is 0 Å². The molecule has 1 fully saturated rings. The van der Waals surface area contributed by atoms with E-state index in [9.17, 15) is 13.9 Å². The molecule has 0 radical (unpaired) electrons. The summed E-state index contributed by atoms with van der Waals surface area (Å²) < 4.78 is 32.3. The highest BCUT2D eigenvalue weighted by atomic mass is 19.1. The third-order valence-electron chi connectivity index (χ3n) is 3.74. The van der Waals surface area contributed by atoms with Gasteiger partial charge in [0.05, 0.1) is 11.8 Å². The van der Waals surface area contributed by atoms with Gasteiger partial charge < -0.3 is 9.63 Å². The van der Waals surface area contributed by atoms with Gasteiger partial charge in [-0.25, -0.2) is 8.78 Å². The molecular weight excluding hydrogens is 278 g/mol. The average Bonchev–Trinajstić information content (AvgIpc) is 2.99. The van der Waals surface area contributed by atoms with Gasteiger partial charge in [-0.2, -0.15) is 0 Å². The van der Waals surface area contributed by atoms with E-state index in [1.165, 1.54) is 6.07 Å².